The number of ether oxygens (including phenoxy) is 1. The van der Waals surface area contributed by atoms with Gasteiger partial charge in [-0.1, -0.05) is 0 Å². The van der Waals surface area contributed by atoms with E-state index in [2.05, 4.69) is 5.32 Å². The van der Waals surface area contributed by atoms with Crippen LogP contribution in [0.4, 0.5) is 0 Å². The smallest absolute Gasteiger partial charge is 0.312 e. The highest BCUT2D eigenvalue weighted by Crippen LogP contribution is 2.64. The molecule has 4 saturated carbocycles. The first-order valence-electron chi connectivity index (χ1n) is 9.49. The molecule has 2 unspecified atom stereocenters. The van der Waals surface area contributed by atoms with E-state index >= 15 is 0 Å². The highest BCUT2D eigenvalue weighted by Gasteiger charge is 2.60. The van der Waals surface area contributed by atoms with E-state index in [0.717, 1.165) is 30.6 Å². The fourth-order valence-corrected chi connectivity index (χ4v) is 7.14. The van der Waals surface area contributed by atoms with Gasteiger partial charge in [-0.25, -0.2) is 0 Å². The molecule has 4 aliphatic carbocycles. The van der Waals surface area contributed by atoms with Crippen molar-refractivity contribution < 1.29 is 19.1 Å². The van der Waals surface area contributed by atoms with Crippen molar-refractivity contribution in [3.8, 4) is 0 Å². The number of alkyl halides is 1. The summed E-state index contributed by atoms with van der Waals surface area (Å²) in [6.45, 7) is 1.62. The quantitative estimate of drug-likeness (QED) is 0.442. The summed E-state index contributed by atoms with van der Waals surface area (Å²) >= 11 is 8.09. The van der Waals surface area contributed by atoms with Crippen LogP contribution in [0.15, 0.2) is 12.1 Å². The van der Waals surface area contributed by atoms with E-state index in [1.807, 2.05) is 6.07 Å². The maximum atomic E-state index is 12.9. The number of nitrogens with one attached hydrogen (secondary N) is 1. The second-order valence-electron chi connectivity index (χ2n) is 8.57. The summed E-state index contributed by atoms with van der Waals surface area (Å²) in [6, 6.07) is 3.53. The number of rotatable bonds is 6. The van der Waals surface area contributed by atoms with Crippen LogP contribution in [-0.2, 0) is 20.9 Å². The van der Waals surface area contributed by atoms with Gasteiger partial charge in [-0.2, -0.15) is 0 Å². The Bertz CT molecular complexity index is 775. The van der Waals surface area contributed by atoms with Crippen LogP contribution < -0.4 is 5.32 Å². The Morgan fingerprint density at radius 2 is 1.93 bits per heavy atom. The van der Waals surface area contributed by atoms with Gasteiger partial charge < -0.3 is 10.1 Å². The van der Waals surface area contributed by atoms with Crippen LogP contribution in [0, 0.1) is 17.3 Å². The van der Waals surface area contributed by atoms with Gasteiger partial charge in [-0.3, -0.25) is 14.4 Å². The fourth-order valence-electron chi connectivity index (χ4n) is 5.58. The molecule has 5 rings (SSSR count). The Morgan fingerprint density at radius 3 is 2.56 bits per heavy atom. The summed E-state index contributed by atoms with van der Waals surface area (Å²) in [6.07, 6.45) is 5.57. The van der Waals surface area contributed by atoms with E-state index in [1.54, 1.807) is 6.07 Å². The molecule has 5 nitrogen and oxygen atoms in total. The SMILES string of the molecule is CC(=O)NCc1ccc(C(=O)COC(=O)C23C[C@@H]4C[C@@H](CC(Cl)(C4)C2)C3)s1. The minimum Gasteiger partial charge on any atom is -0.457 e. The van der Waals surface area contributed by atoms with Gasteiger partial charge >= 0.3 is 5.97 Å². The van der Waals surface area contributed by atoms with Crippen molar-refractivity contribution in [1.82, 2.24) is 5.32 Å². The summed E-state index contributed by atoms with van der Waals surface area (Å²) in [5.41, 5.74) is -0.488. The van der Waals surface area contributed by atoms with Gasteiger partial charge in [0, 0.05) is 16.7 Å². The minimum atomic E-state index is -0.488. The van der Waals surface area contributed by atoms with Gasteiger partial charge in [-0.15, -0.1) is 22.9 Å². The molecule has 4 bridgehead atoms. The third-order valence-corrected chi connectivity index (χ3v) is 7.77. The molecule has 4 fully saturated rings. The van der Waals surface area contributed by atoms with Crippen LogP contribution in [0.25, 0.3) is 0 Å². The molecular formula is C20H24ClNO4S. The molecular weight excluding hydrogens is 386 g/mol. The molecule has 1 heterocycles. The molecule has 1 aromatic rings. The zero-order chi connectivity index (χ0) is 19.2. The monoisotopic (exact) mass is 409 g/mol. The normalized spacial score (nSPS) is 33.7. The molecule has 7 heteroatoms. The van der Waals surface area contributed by atoms with Gasteiger partial charge in [0.1, 0.15) is 0 Å². The topological polar surface area (TPSA) is 72.5 Å². The number of hydrogen-bond acceptors (Lipinski definition) is 5. The predicted octanol–water partition coefficient (Wildman–Crippen LogP) is 3.69. The first-order chi connectivity index (χ1) is 12.8. The molecule has 0 saturated heterocycles. The summed E-state index contributed by atoms with van der Waals surface area (Å²) < 4.78 is 5.49. The van der Waals surface area contributed by atoms with Crippen LogP contribution in [0.2, 0.25) is 0 Å². The van der Waals surface area contributed by atoms with Crippen LogP contribution in [0.3, 0.4) is 0 Å². The van der Waals surface area contributed by atoms with E-state index in [4.69, 9.17) is 16.3 Å². The number of ketones is 1. The van der Waals surface area contributed by atoms with Crippen molar-refractivity contribution in [3.63, 3.8) is 0 Å². The average Bonchev–Trinajstić information content (AvgIpc) is 3.04. The van der Waals surface area contributed by atoms with E-state index in [9.17, 15) is 14.4 Å². The van der Waals surface area contributed by atoms with E-state index in [-0.39, 0.29) is 29.1 Å². The lowest BCUT2D eigenvalue weighted by Crippen LogP contribution is -2.56. The first-order valence-corrected chi connectivity index (χ1v) is 10.7. The van der Waals surface area contributed by atoms with Gasteiger partial charge in [-0.05, 0) is 62.5 Å². The lowest BCUT2D eigenvalue weighted by Gasteiger charge is -2.58. The van der Waals surface area contributed by atoms with Crippen LogP contribution >= 0.6 is 22.9 Å². The molecule has 0 radical (unpaired) electrons. The van der Waals surface area contributed by atoms with Crippen molar-refractivity contribution in [3.05, 3.63) is 21.9 Å². The Hall–Kier alpha value is -1.40. The van der Waals surface area contributed by atoms with Gasteiger partial charge in [0.2, 0.25) is 11.7 Å². The molecule has 4 atom stereocenters. The molecule has 0 aliphatic heterocycles. The maximum Gasteiger partial charge on any atom is 0.312 e. The molecule has 0 aromatic carbocycles. The number of amides is 1. The Kier molecular flexibility index (Phi) is 4.83. The number of Topliss-reactive ketones (excluding diaryl/α,β-unsaturated/α-hetero) is 1. The summed E-state index contributed by atoms with van der Waals surface area (Å²) in [4.78, 5) is 37.5. The lowest BCUT2D eigenvalue weighted by molar-refractivity contribution is -0.168. The van der Waals surface area contributed by atoms with Gasteiger partial charge in [0.25, 0.3) is 0 Å². The number of carbonyl (C=O) groups excluding carboxylic acids is 3. The summed E-state index contributed by atoms with van der Waals surface area (Å²) in [5.74, 6) is 0.469. The summed E-state index contributed by atoms with van der Waals surface area (Å²) in [7, 11) is 0. The zero-order valence-electron chi connectivity index (χ0n) is 15.4. The molecule has 0 spiro atoms. The molecule has 4 aliphatic rings. The molecule has 27 heavy (non-hydrogen) atoms. The summed E-state index contributed by atoms with van der Waals surface area (Å²) in [5, 5.41) is 2.70. The van der Waals surface area contributed by atoms with Crippen LogP contribution in [0.1, 0.15) is 60.0 Å². The van der Waals surface area contributed by atoms with Crippen LogP contribution in [-0.4, -0.2) is 29.1 Å². The second kappa shape index (κ2) is 6.89. The van der Waals surface area contributed by atoms with Gasteiger partial charge in [0.15, 0.2) is 6.61 Å². The Labute approximate surface area is 167 Å². The zero-order valence-corrected chi connectivity index (χ0v) is 17.0. The molecule has 1 aromatic heterocycles. The Balaban J connectivity index is 1.35. The van der Waals surface area contributed by atoms with Crippen molar-refractivity contribution in [2.75, 3.05) is 6.61 Å². The molecule has 146 valence electrons. The highest BCUT2D eigenvalue weighted by atomic mass is 35.5. The number of carbonyl (C=O) groups is 3. The van der Waals surface area contributed by atoms with Crippen molar-refractivity contribution in [2.45, 2.75) is 56.9 Å². The average molecular weight is 410 g/mol. The van der Waals surface area contributed by atoms with E-state index < -0.39 is 5.41 Å². The van der Waals surface area contributed by atoms with Crippen molar-refractivity contribution in [2.24, 2.45) is 17.3 Å². The number of esters is 1. The molecule has 1 N–H and O–H groups in total. The van der Waals surface area contributed by atoms with Gasteiger partial charge in [0.05, 0.1) is 16.8 Å². The third kappa shape index (κ3) is 3.79. The largest absolute Gasteiger partial charge is 0.457 e. The number of thiophene rings is 1. The minimum absolute atomic E-state index is 0.113. The standard InChI is InChI=1S/C20H24ClNO4S/c1-12(23)22-9-15-2-3-17(27-15)16(24)10-26-18(25)19-5-13-4-14(6-19)8-20(21,7-13)11-19/h2-3,13-14H,4-11H2,1H3,(H,22,23)/t13-,14+,19?,20?. The van der Waals surface area contributed by atoms with E-state index in [0.29, 0.717) is 29.7 Å². The maximum absolute atomic E-state index is 12.9. The highest BCUT2D eigenvalue weighted by molar-refractivity contribution is 7.14. The van der Waals surface area contributed by atoms with Crippen molar-refractivity contribution in [1.29, 1.82) is 0 Å². The Morgan fingerprint density at radius 1 is 1.22 bits per heavy atom. The fraction of sp³-hybridized carbons (Fsp3) is 0.650. The third-order valence-electron chi connectivity index (χ3n) is 6.21. The van der Waals surface area contributed by atoms with Crippen molar-refractivity contribution >= 4 is 40.6 Å². The second-order valence-corrected chi connectivity index (χ2v) is 10.5. The molecule has 1 amide bonds. The number of halogens is 1. The van der Waals surface area contributed by atoms with Crippen LogP contribution in [0.5, 0.6) is 0 Å². The number of hydrogen-bond donors (Lipinski definition) is 1. The lowest BCUT2D eigenvalue weighted by atomic mass is 9.49. The van der Waals surface area contributed by atoms with E-state index in [1.165, 1.54) is 24.7 Å². The predicted molar refractivity (Wildman–Crippen MR) is 103 cm³/mol. The first kappa shape index (κ1) is 18.9.